The summed E-state index contributed by atoms with van der Waals surface area (Å²) in [5.74, 6) is -0.400. The molecule has 3 rings (SSSR count). The first-order valence-electron chi connectivity index (χ1n) is 8.83. The Labute approximate surface area is 158 Å². The van der Waals surface area contributed by atoms with Crippen LogP contribution in [0.1, 0.15) is 43.4 Å². The number of nitrogens with zero attached hydrogens (tertiary/aromatic N) is 1. The molecule has 1 aliphatic rings. The monoisotopic (exact) mass is 370 g/mol. The van der Waals surface area contributed by atoms with E-state index in [1.807, 2.05) is 24.3 Å². The topological polar surface area (TPSA) is 58.6 Å². The van der Waals surface area contributed by atoms with Gasteiger partial charge in [-0.25, -0.2) is 9.18 Å². The van der Waals surface area contributed by atoms with Gasteiger partial charge in [0.15, 0.2) is 11.6 Å². The van der Waals surface area contributed by atoms with Crippen LogP contribution in [0.4, 0.5) is 9.18 Å². The number of carbonyl (C=O) groups is 2. The van der Waals surface area contributed by atoms with Gasteiger partial charge in [-0.1, -0.05) is 44.2 Å². The summed E-state index contributed by atoms with van der Waals surface area (Å²) in [6, 6.07) is 11.5. The van der Waals surface area contributed by atoms with Crippen LogP contribution in [0.3, 0.4) is 0 Å². The van der Waals surface area contributed by atoms with Gasteiger partial charge in [-0.05, 0) is 41.7 Å². The van der Waals surface area contributed by atoms with E-state index >= 15 is 0 Å². The molecule has 0 saturated carbocycles. The maximum Gasteiger partial charge on any atom is 0.325 e. The van der Waals surface area contributed by atoms with Gasteiger partial charge in [-0.15, -0.1) is 0 Å². The molecule has 2 aromatic carbocycles. The van der Waals surface area contributed by atoms with Gasteiger partial charge in [0.1, 0.15) is 5.54 Å². The summed E-state index contributed by atoms with van der Waals surface area (Å²) in [7, 11) is 1.38. The van der Waals surface area contributed by atoms with E-state index in [0.29, 0.717) is 17.0 Å². The molecule has 0 aliphatic carbocycles. The van der Waals surface area contributed by atoms with E-state index in [9.17, 15) is 14.0 Å². The van der Waals surface area contributed by atoms with E-state index in [1.165, 1.54) is 19.2 Å². The van der Waals surface area contributed by atoms with Gasteiger partial charge < -0.3 is 10.1 Å². The predicted molar refractivity (Wildman–Crippen MR) is 99.9 cm³/mol. The first-order chi connectivity index (χ1) is 12.8. The Balaban J connectivity index is 1.84. The normalized spacial score (nSPS) is 19.6. The number of urea groups is 1. The lowest BCUT2D eigenvalue weighted by atomic mass is 9.90. The Hall–Kier alpha value is -2.89. The quantitative estimate of drug-likeness (QED) is 0.812. The van der Waals surface area contributed by atoms with Crippen molar-refractivity contribution in [3.63, 3.8) is 0 Å². The molecular weight excluding hydrogens is 347 g/mol. The van der Waals surface area contributed by atoms with Gasteiger partial charge >= 0.3 is 6.03 Å². The second-order valence-corrected chi connectivity index (χ2v) is 7.19. The molecule has 1 unspecified atom stereocenters. The molecule has 6 heteroatoms. The number of methoxy groups -OCH3 is 1. The summed E-state index contributed by atoms with van der Waals surface area (Å²) in [5.41, 5.74) is 1.24. The third kappa shape index (κ3) is 3.39. The maximum atomic E-state index is 13.9. The van der Waals surface area contributed by atoms with E-state index < -0.39 is 17.4 Å². The third-order valence-electron chi connectivity index (χ3n) is 4.99. The fourth-order valence-electron chi connectivity index (χ4n) is 3.23. The number of rotatable bonds is 5. The van der Waals surface area contributed by atoms with Gasteiger partial charge in [0.2, 0.25) is 0 Å². The Bertz CT molecular complexity index is 879. The van der Waals surface area contributed by atoms with Crippen molar-refractivity contribution in [2.45, 2.75) is 38.8 Å². The molecule has 2 aromatic rings. The molecule has 142 valence electrons. The number of nitrogens with one attached hydrogen (secondary N) is 1. The Morgan fingerprint density at radius 1 is 1.15 bits per heavy atom. The third-order valence-corrected chi connectivity index (χ3v) is 4.99. The number of hydrogen-bond acceptors (Lipinski definition) is 3. The maximum absolute atomic E-state index is 13.9. The fourth-order valence-corrected chi connectivity index (χ4v) is 3.23. The lowest BCUT2D eigenvalue weighted by Gasteiger charge is -2.23. The number of benzene rings is 2. The van der Waals surface area contributed by atoms with Crippen LogP contribution < -0.4 is 10.1 Å². The van der Waals surface area contributed by atoms with Crippen LogP contribution in [0, 0.1) is 5.82 Å². The standard InChI is InChI=1S/C21H23FN2O3/c1-13(2)15-6-8-16(9-7-15)21(3)19(25)24(20(26)23-21)12-14-5-10-18(27-4)17(22)11-14/h5-11,13H,12H2,1-4H3,(H,23,26). The highest BCUT2D eigenvalue weighted by Crippen LogP contribution is 2.31. The predicted octanol–water partition coefficient (Wildman–Crippen LogP) is 3.92. The molecule has 0 spiro atoms. The molecule has 1 saturated heterocycles. The van der Waals surface area contributed by atoms with E-state index in [-0.39, 0.29) is 18.2 Å². The molecule has 0 bridgehead atoms. The molecule has 1 fully saturated rings. The van der Waals surface area contributed by atoms with Gasteiger partial charge in [0, 0.05) is 0 Å². The minimum Gasteiger partial charge on any atom is -0.494 e. The molecule has 1 heterocycles. The molecule has 0 radical (unpaired) electrons. The van der Waals surface area contributed by atoms with Gasteiger partial charge in [-0.3, -0.25) is 9.69 Å². The Kier molecular flexibility index (Phi) is 4.91. The Morgan fingerprint density at radius 3 is 2.37 bits per heavy atom. The second-order valence-electron chi connectivity index (χ2n) is 7.19. The zero-order valence-electron chi connectivity index (χ0n) is 15.9. The number of carbonyl (C=O) groups excluding carboxylic acids is 2. The number of imide groups is 1. The summed E-state index contributed by atoms with van der Waals surface area (Å²) < 4.78 is 18.8. The van der Waals surface area contributed by atoms with Crippen molar-refractivity contribution in [1.29, 1.82) is 0 Å². The van der Waals surface area contributed by atoms with Gasteiger partial charge in [-0.2, -0.15) is 0 Å². The lowest BCUT2D eigenvalue weighted by molar-refractivity contribution is -0.131. The molecule has 27 heavy (non-hydrogen) atoms. The zero-order valence-corrected chi connectivity index (χ0v) is 15.9. The average molecular weight is 370 g/mol. The van der Waals surface area contributed by atoms with Gasteiger partial charge in [0.25, 0.3) is 5.91 Å². The van der Waals surface area contributed by atoms with Crippen molar-refractivity contribution < 1.29 is 18.7 Å². The van der Waals surface area contributed by atoms with Crippen molar-refractivity contribution in [2.75, 3.05) is 7.11 Å². The minimum atomic E-state index is -1.14. The van der Waals surface area contributed by atoms with Crippen LogP contribution >= 0.6 is 0 Å². The number of ether oxygens (including phenoxy) is 1. The largest absolute Gasteiger partial charge is 0.494 e. The van der Waals surface area contributed by atoms with Crippen LogP contribution in [-0.2, 0) is 16.9 Å². The molecule has 5 nitrogen and oxygen atoms in total. The summed E-state index contributed by atoms with van der Waals surface area (Å²) in [6.07, 6.45) is 0. The van der Waals surface area contributed by atoms with Crippen molar-refractivity contribution >= 4 is 11.9 Å². The van der Waals surface area contributed by atoms with Crippen LogP contribution in [0.2, 0.25) is 0 Å². The first-order valence-corrected chi connectivity index (χ1v) is 8.83. The zero-order chi connectivity index (χ0) is 19.8. The summed E-state index contributed by atoms with van der Waals surface area (Å²) >= 11 is 0. The van der Waals surface area contributed by atoms with Crippen molar-refractivity contribution in [3.05, 3.63) is 65.0 Å². The van der Waals surface area contributed by atoms with Crippen LogP contribution in [0.25, 0.3) is 0 Å². The second kappa shape index (κ2) is 7.02. The highest BCUT2D eigenvalue weighted by Gasteiger charge is 2.48. The van der Waals surface area contributed by atoms with Crippen molar-refractivity contribution in [2.24, 2.45) is 0 Å². The summed E-state index contributed by atoms with van der Waals surface area (Å²) in [5, 5.41) is 2.77. The molecular formula is C21H23FN2O3. The molecule has 3 amide bonds. The Morgan fingerprint density at radius 2 is 1.81 bits per heavy atom. The number of hydrogen-bond donors (Lipinski definition) is 1. The highest BCUT2D eigenvalue weighted by atomic mass is 19.1. The number of amides is 3. The van der Waals surface area contributed by atoms with E-state index in [0.717, 1.165) is 10.5 Å². The number of halogens is 1. The molecule has 1 N–H and O–H groups in total. The molecule has 1 aliphatic heterocycles. The smallest absolute Gasteiger partial charge is 0.325 e. The van der Waals surface area contributed by atoms with E-state index in [4.69, 9.17) is 4.74 Å². The van der Waals surface area contributed by atoms with Crippen molar-refractivity contribution in [1.82, 2.24) is 10.2 Å². The van der Waals surface area contributed by atoms with Crippen LogP contribution in [-0.4, -0.2) is 23.9 Å². The van der Waals surface area contributed by atoms with E-state index in [1.54, 1.807) is 13.0 Å². The summed E-state index contributed by atoms with van der Waals surface area (Å²) in [4.78, 5) is 26.5. The average Bonchev–Trinajstić information content (AvgIpc) is 2.86. The molecule has 1 atom stereocenters. The van der Waals surface area contributed by atoms with Crippen LogP contribution in [0.15, 0.2) is 42.5 Å². The first kappa shape index (κ1) is 18.9. The summed E-state index contributed by atoms with van der Waals surface area (Å²) in [6.45, 7) is 5.86. The van der Waals surface area contributed by atoms with E-state index in [2.05, 4.69) is 19.2 Å². The van der Waals surface area contributed by atoms with Crippen LogP contribution in [0.5, 0.6) is 5.75 Å². The fraction of sp³-hybridized carbons (Fsp3) is 0.333. The van der Waals surface area contributed by atoms with Gasteiger partial charge in [0.05, 0.1) is 13.7 Å². The minimum absolute atomic E-state index is 0.00868. The SMILES string of the molecule is COc1ccc(CN2C(=O)NC(C)(c3ccc(C(C)C)cc3)C2=O)cc1F. The molecule has 0 aromatic heterocycles. The lowest BCUT2D eigenvalue weighted by Crippen LogP contribution is -2.40. The highest BCUT2D eigenvalue weighted by molar-refractivity contribution is 6.07. The van der Waals surface area contributed by atoms with Crippen molar-refractivity contribution in [3.8, 4) is 5.75 Å².